The normalized spacial score (nSPS) is 11.3. The summed E-state index contributed by atoms with van der Waals surface area (Å²) in [4.78, 5) is 26.3. The molecule has 1 N–H and O–H groups in total. The molecule has 4 rings (SSSR count). The lowest BCUT2D eigenvalue weighted by molar-refractivity contribution is -0.114. The van der Waals surface area contributed by atoms with E-state index in [-0.39, 0.29) is 26.3 Å². The second-order valence-electron chi connectivity index (χ2n) is 7.94. The SMILES string of the molecule is Cc1c(NC(=O)CN(c2cc(Cl)cc(Cl)c2)S(=O)(=O)c2ccccc2)c(=O)n(-c2ccccc2)n1C. The summed E-state index contributed by atoms with van der Waals surface area (Å²) < 4.78 is 31.0. The minimum absolute atomic E-state index is 0.0174. The quantitative estimate of drug-likeness (QED) is 0.367. The number of nitrogens with zero attached hydrogens (tertiary/aromatic N) is 3. The van der Waals surface area contributed by atoms with Crippen LogP contribution in [0, 0.1) is 6.92 Å². The standard InChI is InChI=1S/C25H22Cl2N4O4S/c1-17-24(25(33)31(29(17)2)20-9-5-3-6-10-20)28-23(32)16-30(21-14-18(26)13-19(27)15-21)36(34,35)22-11-7-4-8-12-22/h3-15H,16H2,1-2H3,(H,28,32). The van der Waals surface area contributed by atoms with E-state index in [9.17, 15) is 18.0 Å². The van der Waals surface area contributed by atoms with Crippen molar-refractivity contribution in [2.24, 2.45) is 7.05 Å². The number of rotatable bonds is 7. The molecule has 0 spiro atoms. The van der Waals surface area contributed by atoms with Crippen molar-refractivity contribution in [3.63, 3.8) is 0 Å². The maximum Gasteiger partial charge on any atom is 0.295 e. The van der Waals surface area contributed by atoms with Gasteiger partial charge in [-0.2, -0.15) is 0 Å². The Morgan fingerprint density at radius 2 is 1.50 bits per heavy atom. The summed E-state index contributed by atoms with van der Waals surface area (Å²) in [6.07, 6.45) is 0. The molecule has 1 heterocycles. The average molecular weight is 545 g/mol. The molecule has 3 aromatic carbocycles. The Labute approximate surface area is 218 Å². The largest absolute Gasteiger partial charge is 0.318 e. The molecule has 186 valence electrons. The number of carbonyl (C=O) groups excluding carboxylic acids is 1. The minimum Gasteiger partial charge on any atom is -0.318 e. The highest BCUT2D eigenvalue weighted by Gasteiger charge is 2.29. The summed E-state index contributed by atoms with van der Waals surface area (Å²) in [5, 5.41) is 3.01. The summed E-state index contributed by atoms with van der Waals surface area (Å²) in [5.41, 5.74) is 0.833. The van der Waals surface area contributed by atoms with Crippen molar-refractivity contribution in [2.75, 3.05) is 16.2 Å². The van der Waals surface area contributed by atoms with Gasteiger partial charge in [0.15, 0.2) is 0 Å². The van der Waals surface area contributed by atoms with Crippen LogP contribution in [0.1, 0.15) is 5.69 Å². The van der Waals surface area contributed by atoms with E-state index in [1.165, 1.54) is 35.0 Å². The Hall–Kier alpha value is -3.53. The fraction of sp³-hybridized carbons (Fsp3) is 0.120. The molecular weight excluding hydrogens is 523 g/mol. The van der Waals surface area contributed by atoms with Crippen molar-refractivity contribution in [3.05, 3.63) is 105 Å². The maximum atomic E-state index is 13.5. The molecule has 0 radical (unpaired) electrons. The number of sulfonamides is 1. The molecule has 1 amide bonds. The maximum absolute atomic E-state index is 13.5. The number of anilines is 2. The third-order valence-electron chi connectivity index (χ3n) is 5.57. The number of carbonyl (C=O) groups is 1. The van der Waals surface area contributed by atoms with Gasteiger partial charge in [-0.25, -0.2) is 13.1 Å². The Kier molecular flexibility index (Phi) is 7.26. The van der Waals surface area contributed by atoms with Gasteiger partial charge in [0.05, 0.1) is 22.0 Å². The van der Waals surface area contributed by atoms with Crippen LogP contribution in [0.2, 0.25) is 10.0 Å². The third kappa shape index (κ3) is 5.04. The lowest BCUT2D eigenvalue weighted by Gasteiger charge is -2.24. The molecule has 0 bridgehead atoms. The van der Waals surface area contributed by atoms with E-state index in [1.807, 2.05) is 6.07 Å². The number of benzene rings is 3. The molecule has 0 aliphatic heterocycles. The van der Waals surface area contributed by atoms with Gasteiger partial charge in [0.1, 0.15) is 12.2 Å². The molecule has 4 aromatic rings. The van der Waals surface area contributed by atoms with Crippen LogP contribution in [0.5, 0.6) is 0 Å². The van der Waals surface area contributed by atoms with E-state index >= 15 is 0 Å². The van der Waals surface area contributed by atoms with Crippen molar-refractivity contribution in [2.45, 2.75) is 11.8 Å². The van der Waals surface area contributed by atoms with Crippen LogP contribution in [-0.4, -0.2) is 30.2 Å². The Morgan fingerprint density at radius 3 is 2.08 bits per heavy atom. The van der Waals surface area contributed by atoms with E-state index < -0.39 is 28.0 Å². The van der Waals surface area contributed by atoms with Crippen LogP contribution in [0.3, 0.4) is 0 Å². The van der Waals surface area contributed by atoms with Crippen LogP contribution >= 0.6 is 23.2 Å². The van der Waals surface area contributed by atoms with E-state index in [0.29, 0.717) is 11.4 Å². The first-order valence-corrected chi connectivity index (χ1v) is 13.0. The fourth-order valence-corrected chi connectivity index (χ4v) is 5.68. The summed E-state index contributed by atoms with van der Waals surface area (Å²) in [6, 6.07) is 20.9. The van der Waals surface area contributed by atoms with E-state index in [0.717, 1.165) is 4.31 Å². The lowest BCUT2D eigenvalue weighted by Crippen LogP contribution is -2.38. The molecule has 0 atom stereocenters. The molecule has 0 fully saturated rings. The number of halogens is 2. The Morgan fingerprint density at radius 1 is 0.944 bits per heavy atom. The summed E-state index contributed by atoms with van der Waals surface area (Å²) in [7, 11) is -2.48. The molecule has 0 unspecified atom stereocenters. The van der Waals surface area contributed by atoms with Crippen LogP contribution < -0.4 is 15.2 Å². The van der Waals surface area contributed by atoms with Gasteiger partial charge in [-0.15, -0.1) is 0 Å². The highest BCUT2D eigenvalue weighted by atomic mass is 35.5. The lowest BCUT2D eigenvalue weighted by atomic mass is 10.3. The van der Waals surface area contributed by atoms with Gasteiger partial charge in [-0.3, -0.25) is 18.6 Å². The van der Waals surface area contributed by atoms with Gasteiger partial charge < -0.3 is 5.32 Å². The topological polar surface area (TPSA) is 93.4 Å². The zero-order chi connectivity index (χ0) is 26.0. The first-order valence-electron chi connectivity index (χ1n) is 10.8. The molecule has 0 saturated heterocycles. The van der Waals surface area contributed by atoms with E-state index in [4.69, 9.17) is 23.2 Å². The van der Waals surface area contributed by atoms with Crippen LogP contribution in [0.4, 0.5) is 11.4 Å². The van der Waals surface area contributed by atoms with Crippen LogP contribution in [0.25, 0.3) is 5.69 Å². The van der Waals surface area contributed by atoms with Crippen LogP contribution in [-0.2, 0) is 21.9 Å². The third-order valence-corrected chi connectivity index (χ3v) is 7.80. The second-order valence-corrected chi connectivity index (χ2v) is 10.7. The minimum atomic E-state index is -4.17. The molecular formula is C25H22Cl2N4O4S. The predicted molar refractivity (Wildman–Crippen MR) is 142 cm³/mol. The summed E-state index contributed by atoms with van der Waals surface area (Å²) in [6.45, 7) is 1.07. The fourth-order valence-electron chi connectivity index (χ4n) is 3.74. The second kappa shape index (κ2) is 10.2. The number of hydrogen-bond donors (Lipinski definition) is 1. The molecule has 1 aromatic heterocycles. The van der Waals surface area contributed by atoms with Gasteiger partial charge in [0.25, 0.3) is 15.6 Å². The molecule has 11 heteroatoms. The van der Waals surface area contributed by atoms with Gasteiger partial charge >= 0.3 is 0 Å². The van der Waals surface area contributed by atoms with Gasteiger partial charge in [-0.05, 0) is 49.4 Å². The summed E-state index contributed by atoms with van der Waals surface area (Å²) >= 11 is 12.2. The Bertz CT molecular complexity index is 1560. The zero-order valence-corrected chi connectivity index (χ0v) is 21.7. The van der Waals surface area contributed by atoms with E-state index in [2.05, 4.69) is 5.32 Å². The summed E-state index contributed by atoms with van der Waals surface area (Å²) in [5.74, 6) is -0.711. The monoisotopic (exact) mass is 544 g/mol. The molecule has 0 aliphatic carbocycles. The number of amides is 1. The van der Waals surface area contributed by atoms with E-state index in [1.54, 1.807) is 61.1 Å². The molecule has 0 saturated carbocycles. The van der Waals surface area contributed by atoms with Crippen LogP contribution in [0.15, 0.2) is 88.6 Å². The van der Waals surface area contributed by atoms with Crippen molar-refractivity contribution >= 4 is 50.5 Å². The number of nitrogens with one attached hydrogen (secondary N) is 1. The number of aromatic nitrogens is 2. The van der Waals surface area contributed by atoms with Crippen molar-refractivity contribution < 1.29 is 13.2 Å². The Balaban J connectivity index is 1.72. The van der Waals surface area contributed by atoms with Gasteiger partial charge in [-0.1, -0.05) is 59.6 Å². The molecule has 8 nitrogen and oxygen atoms in total. The predicted octanol–water partition coefficient (Wildman–Crippen LogP) is 4.63. The van der Waals surface area contributed by atoms with Gasteiger partial charge in [0.2, 0.25) is 5.91 Å². The highest BCUT2D eigenvalue weighted by molar-refractivity contribution is 7.92. The van der Waals surface area contributed by atoms with Crippen molar-refractivity contribution in [3.8, 4) is 5.69 Å². The average Bonchev–Trinajstić information content (AvgIpc) is 3.06. The number of para-hydroxylation sites is 1. The van der Waals surface area contributed by atoms with Gasteiger partial charge in [0, 0.05) is 17.1 Å². The molecule has 36 heavy (non-hydrogen) atoms. The number of hydrogen-bond acceptors (Lipinski definition) is 4. The van der Waals surface area contributed by atoms with Crippen molar-refractivity contribution in [1.29, 1.82) is 0 Å². The first-order chi connectivity index (χ1) is 17.1. The van der Waals surface area contributed by atoms with Crippen molar-refractivity contribution in [1.82, 2.24) is 9.36 Å². The zero-order valence-electron chi connectivity index (χ0n) is 19.4. The first kappa shape index (κ1) is 25.6. The smallest absolute Gasteiger partial charge is 0.295 e. The highest BCUT2D eigenvalue weighted by Crippen LogP contribution is 2.29. The molecule has 0 aliphatic rings.